The lowest BCUT2D eigenvalue weighted by atomic mass is 9.87. The maximum Gasteiger partial charge on any atom is 0.0517 e. The second-order valence-electron chi connectivity index (χ2n) is 3.32. The molecule has 0 N–H and O–H groups in total. The smallest absolute Gasteiger partial charge is 0.0517 e. The third kappa shape index (κ3) is 3.89. The quantitative estimate of drug-likeness (QED) is 0.508. The van der Waals surface area contributed by atoms with Crippen LogP contribution in [0.4, 0.5) is 0 Å². The lowest BCUT2D eigenvalue weighted by molar-refractivity contribution is 0.0127. The van der Waals surface area contributed by atoms with Gasteiger partial charge in [-0.2, -0.15) is 0 Å². The van der Waals surface area contributed by atoms with Crippen molar-refractivity contribution in [3.05, 3.63) is 0 Å². The van der Waals surface area contributed by atoms with Crippen LogP contribution in [0.5, 0.6) is 0 Å². The van der Waals surface area contributed by atoms with E-state index in [0.29, 0.717) is 5.41 Å². The van der Waals surface area contributed by atoms with Crippen LogP contribution in [0.3, 0.4) is 0 Å². The molecule has 1 saturated heterocycles. The number of hydrogen-bond acceptors (Lipinski definition) is 1. The van der Waals surface area contributed by atoms with E-state index in [4.69, 9.17) is 4.74 Å². The van der Waals surface area contributed by atoms with Crippen molar-refractivity contribution in [2.45, 2.75) is 40.5 Å². The van der Waals surface area contributed by atoms with Gasteiger partial charge in [0.1, 0.15) is 0 Å². The molecule has 0 aromatic rings. The highest BCUT2D eigenvalue weighted by Gasteiger charge is 2.20. The largest absolute Gasteiger partial charge is 0.381 e. The van der Waals surface area contributed by atoms with E-state index in [2.05, 4.69) is 13.8 Å². The van der Waals surface area contributed by atoms with Crippen molar-refractivity contribution in [3.8, 4) is 0 Å². The standard InChI is InChI=1S/C7H14O.C2H6/c1-7(2)4-3-5-8-6-7;1-2/h3-6H2,1-2H3;1-2H3. The molecule has 0 aromatic heterocycles. The maximum atomic E-state index is 5.28. The Balaban J connectivity index is 0.000000371. The first kappa shape index (κ1) is 9.96. The van der Waals surface area contributed by atoms with Gasteiger partial charge in [-0.3, -0.25) is 0 Å². The van der Waals surface area contributed by atoms with Gasteiger partial charge >= 0.3 is 0 Å². The number of rotatable bonds is 0. The number of ether oxygens (including phenoxy) is 1. The minimum Gasteiger partial charge on any atom is -0.381 e. The van der Waals surface area contributed by atoms with Crippen LogP contribution < -0.4 is 0 Å². The monoisotopic (exact) mass is 144 g/mol. The van der Waals surface area contributed by atoms with Gasteiger partial charge < -0.3 is 4.74 Å². The Morgan fingerprint density at radius 3 is 2.00 bits per heavy atom. The van der Waals surface area contributed by atoms with Crippen LogP contribution in [0, 0.1) is 5.41 Å². The normalized spacial score (nSPS) is 22.8. The summed E-state index contributed by atoms with van der Waals surface area (Å²) in [4.78, 5) is 0. The molecule has 0 aliphatic carbocycles. The van der Waals surface area contributed by atoms with Gasteiger partial charge in [-0.25, -0.2) is 0 Å². The molecule has 1 heteroatoms. The summed E-state index contributed by atoms with van der Waals surface area (Å²) in [7, 11) is 0. The molecule has 0 radical (unpaired) electrons. The molecule has 0 atom stereocenters. The zero-order valence-corrected chi connectivity index (χ0v) is 7.74. The van der Waals surface area contributed by atoms with E-state index in [9.17, 15) is 0 Å². The molecule has 0 saturated carbocycles. The van der Waals surface area contributed by atoms with Crippen LogP contribution in [-0.2, 0) is 4.74 Å². The fourth-order valence-electron chi connectivity index (χ4n) is 1.07. The summed E-state index contributed by atoms with van der Waals surface area (Å²) in [5.41, 5.74) is 0.457. The van der Waals surface area contributed by atoms with Crippen LogP contribution >= 0.6 is 0 Å². The molecule has 0 aromatic carbocycles. The number of hydrogen-bond donors (Lipinski definition) is 0. The molecule has 0 amide bonds. The zero-order chi connectivity index (χ0) is 8.04. The third-order valence-electron chi connectivity index (χ3n) is 1.64. The summed E-state index contributed by atoms with van der Waals surface area (Å²) in [6, 6.07) is 0. The van der Waals surface area contributed by atoms with Gasteiger partial charge in [0.25, 0.3) is 0 Å². The van der Waals surface area contributed by atoms with E-state index in [1.54, 1.807) is 0 Å². The molecule has 62 valence electrons. The van der Waals surface area contributed by atoms with Crippen LogP contribution in [-0.4, -0.2) is 13.2 Å². The minimum atomic E-state index is 0.457. The second-order valence-corrected chi connectivity index (χ2v) is 3.32. The highest BCUT2D eigenvalue weighted by Crippen LogP contribution is 2.25. The van der Waals surface area contributed by atoms with Crippen molar-refractivity contribution in [1.29, 1.82) is 0 Å². The highest BCUT2D eigenvalue weighted by molar-refractivity contribution is 4.70. The van der Waals surface area contributed by atoms with Crippen LogP contribution in [0.2, 0.25) is 0 Å². The van der Waals surface area contributed by atoms with Crippen molar-refractivity contribution in [1.82, 2.24) is 0 Å². The molecule has 1 nitrogen and oxygen atoms in total. The van der Waals surface area contributed by atoms with E-state index in [1.165, 1.54) is 12.8 Å². The minimum absolute atomic E-state index is 0.457. The Morgan fingerprint density at radius 1 is 1.20 bits per heavy atom. The molecular formula is C9H20O. The molecular weight excluding hydrogens is 124 g/mol. The average molecular weight is 144 g/mol. The summed E-state index contributed by atoms with van der Waals surface area (Å²) < 4.78 is 5.28. The van der Waals surface area contributed by atoms with Crippen molar-refractivity contribution >= 4 is 0 Å². The lowest BCUT2D eigenvalue weighted by Gasteiger charge is -2.28. The molecule has 10 heavy (non-hydrogen) atoms. The molecule has 1 rings (SSSR count). The Bertz CT molecular complexity index is 68.8. The first-order valence-electron chi connectivity index (χ1n) is 4.28. The van der Waals surface area contributed by atoms with Gasteiger partial charge in [-0.1, -0.05) is 27.7 Å². The molecule has 1 aliphatic heterocycles. The molecule has 1 fully saturated rings. The van der Waals surface area contributed by atoms with Gasteiger partial charge in [0.05, 0.1) is 6.61 Å². The van der Waals surface area contributed by atoms with E-state index < -0.39 is 0 Å². The van der Waals surface area contributed by atoms with Gasteiger partial charge in [-0.15, -0.1) is 0 Å². The maximum absolute atomic E-state index is 5.28. The summed E-state index contributed by atoms with van der Waals surface area (Å²) in [6.07, 6.45) is 2.57. The van der Waals surface area contributed by atoms with Gasteiger partial charge in [0.2, 0.25) is 0 Å². The van der Waals surface area contributed by atoms with Gasteiger partial charge in [0, 0.05) is 6.61 Å². The average Bonchev–Trinajstić information content (AvgIpc) is 1.92. The molecule has 0 unspecified atom stereocenters. The third-order valence-corrected chi connectivity index (χ3v) is 1.64. The Morgan fingerprint density at radius 2 is 1.80 bits per heavy atom. The van der Waals surface area contributed by atoms with Crippen LogP contribution in [0.1, 0.15) is 40.5 Å². The van der Waals surface area contributed by atoms with Crippen LogP contribution in [0.15, 0.2) is 0 Å². The van der Waals surface area contributed by atoms with E-state index >= 15 is 0 Å². The fraction of sp³-hybridized carbons (Fsp3) is 1.00. The van der Waals surface area contributed by atoms with Crippen molar-refractivity contribution in [3.63, 3.8) is 0 Å². The summed E-state index contributed by atoms with van der Waals surface area (Å²) in [5.74, 6) is 0. The molecule has 1 heterocycles. The first-order chi connectivity index (χ1) is 4.71. The Hall–Kier alpha value is -0.0400. The highest BCUT2D eigenvalue weighted by atomic mass is 16.5. The summed E-state index contributed by atoms with van der Waals surface area (Å²) >= 11 is 0. The van der Waals surface area contributed by atoms with Crippen molar-refractivity contribution < 1.29 is 4.74 Å². The second kappa shape index (κ2) is 4.73. The Labute approximate surface area is 64.8 Å². The van der Waals surface area contributed by atoms with Crippen molar-refractivity contribution in [2.75, 3.05) is 13.2 Å². The molecule has 1 aliphatic rings. The first-order valence-corrected chi connectivity index (χ1v) is 4.28. The summed E-state index contributed by atoms with van der Waals surface area (Å²) in [5, 5.41) is 0. The van der Waals surface area contributed by atoms with Gasteiger partial charge in [0.15, 0.2) is 0 Å². The van der Waals surface area contributed by atoms with Crippen molar-refractivity contribution in [2.24, 2.45) is 5.41 Å². The topological polar surface area (TPSA) is 9.23 Å². The van der Waals surface area contributed by atoms with E-state index in [1.807, 2.05) is 13.8 Å². The zero-order valence-electron chi connectivity index (χ0n) is 7.74. The van der Waals surface area contributed by atoms with Gasteiger partial charge in [-0.05, 0) is 18.3 Å². The molecule has 0 spiro atoms. The predicted octanol–water partition coefficient (Wildman–Crippen LogP) is 2.85. The molecule has 0 bridgehead atoms. The Kier molecular flexibility index (Phi) is 4.71. The fourth-order valence-corrected chi connectivity index (χ4v) is 1.07. The lowest BCUT2D eigenvalue weighted by Crippen LogP contribution is -2.24. The van der Waals surface area contributed by atoms with Crippen LogP contribution in [0.25, 0.3) is 0 Å². The SMILES string of the molecule is CC.CC1(C)CCCOC1. The summed E-state index contributed by atoms with van der Waals surface area (Å²) in [6.45, 7) is 10.4. The van der Waals surface area contributed by atoms with E-state index in [-0.39, 0.29) is 0 Å². The van der Waals surface area contributed by atoms with E-state index in [0.717, 1.165) is 13.2 Å². The predicted molar refractivity (Wildman–Crippen MR) is 45.2 cm³/mol.